The summed E-state index contributed by atoms with van der Waals surface area (Å²) in [7, 11) is 1.73. The molecule has 0 aliphatic heterocycles. The van der Waals surface area contributed by atoms with E-state index in [4.69, 9.17) is 4.74 Å². The van der Waals surface area contributed by atoms with Gasteiger partial charge in [-0.15, -0.1) is 0 Å². The molecule has 0 spiro atoms. The van der Waals surface area contributed by atoms with Crippen LogP contribution in [0.25, 0.3) is 0 Å². The summed E-state index contributed by atoms with van der Waals surface area (Å²) in [6, 6.07) is 0. The number of hydrogen-bond acceptors (Lipinski definition) is 3. The number of aromatic nitrogens is 2. The summed E-state index contributed by atoms with van der Waals surface area (Å²) in [5.41, 5.74) is 1.10. The highest BCUT2D eigenvalue weighted by atomic mass is 16.5. The van der Waals surface area contributed by atoms with Crippen LogP contribution in [-0.2, 0) is 11.3 Å². The maximum absolute atomic E-state index is 5.08. The predicted molar refractivity (Wildman–Crippen MR) is 76.3 cm³/mol. The van der Waals surface area contributed by atoms with E-state index in [0.29, 0.717) is 0 Å². The quantitative estimate of drug-likeness (QED) is 0.802. The lowest BCUT2D eigenvalue weighted by molar-refractivity contribution is 0.210. The number of fused-ring (bicyclic) bond motifs is 2. The third-order valence-corrected chi connectivity index (χ3v) is 4.80. The smallest absolute Gasteiger partial charge is 0.203 e. The van der Waals surface area contributed by atoms with Crippen molar-refractivity contribution in [2.45, 2.75) is 39.2 Å². The van der Waals surface area contributed by atoms with E-state index in [1.54, 1.807) is 7.11 Å². The lowest BCUT2D eigenvalue weighted by atomic mass is 9.89. The SMILES string of the molecule is COCCNc1nc(C)cn1CC1CC2CCC1C2. The molecule has 3 atom stereocenters. The maximum Gasteiger partial charge on any atom is 0.203 e. The lowest BCUT2D eigenvalue weighted by Gasteiger charge is -2.22. The van der Waals surface area contributed by atoms with E-state index in [1.807, 2.05) is 0 Å². The Morgan fingerprint density at radius 3 is 3.00 bits per heavy atom. The van der Waals surface area contributed by atoms with Gasteiger partial charge in [-0.1, -0.05) is 6.42 Å². The van der Waals surface area contributed by atoms with E-state index in [2.05, 4.69) is 28.0 Å². The van der Waals surface area contributed by atoms with Gasteiger partial charge in [0.15, 0.2) is 0 Å². The van der Waals surface area contributed by atoms with Crippen LogP contribution in [0.15, 0.2) is 6.20 Å². The Bertz CT molecular complexity index is 429. The first-order chi connectivity index (χ1) is 9.26. The molecule has 2 aliphatic rings. The van der Waals surface area contributed by atoms with Crippen molar-refractivity contribution >= 4 is 5.95 Å². The summed E-state index contributed by atoms with van der Waals surface area (Å²) in [6.07, 6.45) is 8.02. The van der Waals surface area contributed by atoms with Crippen molar-refractivity contribution in [3.63, 3.8) is 0 Å². The highest BCUT2D eigenvalue weighted by Gasteiger charge is 2.39. The Morgan fingerprint density at radius 2 is 2.32 bits per heavy atom. The van der Waals surface area contributed by atoms with Gasteiger partial charge in [0.05, 0.1) is 12.3 Å². The molecule has 1 heterocycles. The van der Waals surface area contributed by atoms with E-state index in [0.717, 1.165) is 49.1 Å². The minimum Gasteiger partial charge on any atom is -0.383 e. The van der Waals surface area contributed by atoms with Crippen molar-refractivity contribution in [3.8, 4) is 0 Å². The molecule has 1 aromatic rings. The third-order valence-electron chi connectivity index (χ3n) is 4.80. The number of nitrogens with one attached hydrogen (secondary N) is 1. The molecule has 19 heavy (non-hydrogen) atoms. The number of anilines is 1. The first kappa shape index (κ1) is 13.0. The van der Waals surface area contributed by atoms with Gasteiger partial charge >= 0.3 is 0 Å². The predicted octanol–water partition coefficient (Wildman–Crippen LogP) is 2.69. The van der Waals surface area contributed by atoms with Gasteiger partial charge in [-0.05, 0) is 43.9 Å². The highest BCUT2D eigenvalue weighted by molar-refractivity contribution is 5.28. The maximum atomic E-state index is 5.08. The number of aryl methyl sites for hydroxylation is 1. The first-order valence-electron chi connectivity index (χ1n) is 7.53. The summed E-state index contributed by atoms with van der Waals surface area (Å²) in [5.74, 6) is 3.87. The fourth-order valence-electron chi connectivity index (χ4n) is 3.94. The Morgan fingerprint density at radius 1 is 1.42 bits per heavy atom. The van der Waals surface area contributed by atoms with Crippen LogP contribution >= 0.6 is 0 Å². The molecule has 1 aromatic heterocycles. The summed E-state index contributed by atoms with van der Waals surface area (Å²) in [4.78, 5) is 4.58. The minimum atomic E-state index is 0.722. The van der Waals surface area contributed by atoms with Gasteiger partial charge in [0.1, 0.15) is 0 Å². The van der Waals surface area contributed by atoms with E-state index < -0.39 is 0 Å². The topological polar surface area (TPSA) is 39.1 Å². The summed E-state index contributed by atoms with van der Waals surface area (Å²) < 4.78 is 7.40. The van der Waals surface area contributed by atoms with Crippen LogP contribution in [0.1, 0.15) is 31.4 Å². The van der Waals surface area contributed by atoms with Crippen LogP contribution in [0.3, 0.4) is 0 Å². The second kappa shape index (κ2) is 5.53. The molecule has 0 amide bonds. The largest absolute Gasteiger partial charge is 0.383 e. The Balaban J connectivity index is 1.63. The van der Waals surface area contributed by atoms with Crippen LogP contribution in [0.2, 0.25) is 0 Å². The van der Waals surface area contributed by atoms with Crippen LogP contribution in [-0.4, -0.2) is 29.8 Å². The Hall–Kier alpha value is -1.03. The molecule has 4 heteroatoms. The van der Waals surface area contributed by atoms with Gasteiger partial charge in [0.25, 0.3) is 0 Å². The monoisotopic (exact) mass is 263 g/mol. The molecule has 1 N–H and O–H groups in total. The number of ether oxygens (including phenoxy) is 1. The molecule has 3 rings (SSSR count). The summed E-state index contributed by atoms with van der Waals surface area (Å²) in [6.45, 7) is 4.75. The van der Waals surface area contributed by atoms with Crippen LogP contribution in [0.5, 0.6) is 0 Å². The Labute approximate surface area is 115 Å². The molecule has 2 fully saturated rings. The number of methoxy groups -OCH3 is 1. The molecule has 2 saturated carbocycles. The molecule has 4 nitrogen and oxygen atoms in total. The van der Waals surface area contributed by atoms with Gasteiger partial charge < -0.3 is 14.6 Å². The molecule has 0 saturated heterocycles. The number of rotatable bonds is 6. The molecule has 0 aromatic carbocycles. The molecule has 2 aliphatic carbocycles. The van der Waals surface area contributed by atoms with Crippen molar-refractivity contribution in [3.05, 3.63) is 11.9 Å². The molecule has 0 radical (unpaired) electrons. The van der Waals surface area contributed by atoms with E-state index >= 15 is 0 Å². The van der Waals surface area contributed by atoms with Crippen molar-refractivity contribution in [1.82, 2.24) is 9.55 Å². The first-order valence-corrected chi connectivity index (χ1v) is 7.53. The zero-order valence-electron chi connectivity index (χ0n) is 12.1. The Kier molecular flexibility index (Phi) is 3.78. The van der Waals surface area contributed by atoms with Gasteiger partial charge in [0, 0.05) is 26.4 Å². The minimum absolute atomic E-state index is 0.722. The van der Waals surface area contributed by atoms with Crippen molar-refractivity contribution in [2.24, 2.45) is 17.8 Å². The van der Waals surface area contributed by atoms with E-state index in [-0.39, 0.29) is 0 Å². The van der Waals surface area contributed by atoms with E-state index in [1.165, 1.54) is 25.7 Å². The van der Waals surface area contributed by atoms with Gasteiger partial charge in [-0.3, -0.25) is 0 Å². The normalized spacial score (nSPS) is 29.1. The molecule has 3 unspecified atom stereocenters. The number of imidazole rings is 1. The van der Waals surface area contributed by atoms with Crippen molar-refractivity contribution in [2.75, 3.05) is 25.6 Å². The second-order valence-electron chi connectivity index (χ2n) is 6.21. The standard InChI is InChI=1S/C15H25N3O/c1-11-9-18(15(17-11)16-5-6-19-2)10-14-8-12-3-4-13(14)7-12/h9,12-14H,3-8,10H2,1-2H3,(H,16,17). The summed E-state index contributed by atoms with van der Waals surface area (Å²) in [5, 5.41) is 3.38. The van der Waals surface area contributed by atoms with Crippen molar-refractivity contribution < 1.29 is 4.74 Å². The number of nitrogens with zero attached hydrogens (tertiary/aromatic N) is 2. The molecular formula is C15H25N3O. The van der Waals surface area contributed by atoms with Gasteiger partial charge in [-0.25, -0.2) is 4.98 Å². The fourth-order valence-corrected chi connectivity index (χ4v) is 3.94. The van der Waals surface area contributed by atoms with Gasteiger partial charge in [-0.2, -0.15) is 0 Å². The third kappa shape index (κ3) is 2.78. The van der Waals surface area contributed by atoms with Gasteiger partial charge in [0.2, 0.25) is 5.95 Å². The lowest BCUT2D eigenvalue weighted by Crippen LogP contribution is -2.19. The number of hydrogen-bond donors (Lipinski definition) is 1. The summed E-state index contributed by atoms with van der Waals surface area (Å²) >= 11 is 0. The van der Waals surface area contributed by atoms with Crippen LogP contribution in [0, 0.1) is 24.7 Å². The van der Waals surface area contributed by atoms with Crippen molar-refractivity contribution in [1.29, 1.82) is 0 Å². The highest BCUT2D eigenvalue weighted by Crippen LogP contribution is 2.49. The second-order valence-corrected chi connectivity index (χ2v) is 6.21. The van der Waals surface area contributed by atoms with Crippen LogP contribution in [0.4, 0.5) is 5.95 Å². The average molecular weight is 263 g/mol. The molecular weight excluding hydrogens is 238 g/mol. The average Bonchev–Trinajstić information content (AvgIpc) is 3.06. The fraction of sp³-hybridized carbons (Fsp3) is 0.800. The molecule has 2 bridgehead atoms. The zero-order valence-corrected chi connectivity index (χ0v) is 12.1. The van der Waals surface area contributed by atoms with E-state index in [9.17, 15) is 0 Å². The van der Waals surface area contributed by atoms with Crippen LogP contribution < -0.4 is 5.32 Å². The zero-order chi connectivity index (χ0) is 13.2. The molecule has 106 valence electrons.